The molecule has 1 atom stereocenters. The van der Waals surface area contributed by atoms with Crippen LogP contribution in [0.15, 0.2) is 36.8 Å². The van der Waals surface area contributed by atoms with E-state index in [9.17, 15) is 4.39 Å². The van der Waals surface area contributed by atoms with Gasteiger partial charge >= 0.3 is 0 Å². The Kier molecular flexibility index (Phi) is 3.84. The summed E-state index contributed by atoms with van der Waals surface area (Å²) in [5.74, 6) is -0.160. The second-order valence-electron chi connectivity index (χ2n) is 3.75. The Morgan fingerprint density at radius 3 is 2.72 bits per heavy atom. The molecule has 94 valence electrons. The molecule has 1 aromatic carbocycles. The molecule has 1 unspecified atom stereocenters. The molecule has 18 heavy (non-hydrogen) atoms. The van der Waals surface area contributed by atoms with Crippen molar-refractivity contribution in [2.45, 2.75) is 6.04 Å². The van der Waals surface area contributed by atoms with Gasteiger partial charge in [0.15, 0.2) is 11.6 Å². The minimum Gasteiger partial charge on any atom is -0.494 e. The number of hydrogen-bond donors (Lipinski definition) is 1. The summed E-state index contributed by atoms with van der Waals surface area (Å²) >= 11 is 0. The van der Waals surface area contributed by atoms with Gasteiger partial charge in [-0.2, -0.15) is 0 Å². The van der Waals surface area contributed by atoms with Crippen LogP contribution in [0.2, 0.25) is 0 Å². The maximum atomic E-state index is 13.7. The highest BCUT2D eigenvalue weighted by molar-refractivity contribution is 5.34. The zero-order valence-corrected chi connectivity index (χ0v) is 10.2. The summed E-state index contributed by atoms with van der Waals surface area (Å²) in [6.45, 7) is 0. The molecule has 0 aliphatic heterocycles. The minimum atomic E-state index is -0.390. The van der Waals surface area contributed by atoms with E-state index < -0.39 is 0 Å². The Morgan fingerprint density at radius 2 is 2.17 bits per heavy atom. The summed E-state index contributed by atoms with van der Waals surface area (Å²) in [4.78, 5) is 8.23. The SMILES string of the molecule is CNC(c1ccc(OC)c(F)c1)c1cnccn1. The summed E-state index contributed by atoms with van der Waals surface area (Å²) in [6, 6.07) is 4.65. The lowest BCUT2D eigenvalue weighted by Crippen LogP contribution is -2.19. The first-order chi connectivity index (χ1) is 8.76. The summed E-state index contributed by atoms with van der Waals surface area (Å²) in [5, 5.41) is 3.09. The van der Waals surface area contributed by atoms with Crippen molar-refractivity contribution in [2.75, 3.05) is 14.2 Å². The van der Waals surface area contributed by atoms with Crippen molar-refractivity contribution >= 4 is 0 Å². The van der Waals surface area contributed by atoms with Crippen LogP contribution < -0.4 is 10.1 Å². The first kappa shape index (κ1) is 12.4. The van der Waals surface area contributed by atoms with Crippen molar-refractivity contribution in [3.63, 3.8) is 0 Å². The number of nitrogens with zero attached hydrogens (tertiary/aromatic N) is 2. The Hall–Kier alpha value is -2.01. The molecule has 0 spiro atoms. The number of hydrogen-bond acceptors (Lipinski definition) is 4. The highest BCUT2D eigenvalue weighted by atomic mass is 19.1. The maximum Gasteiger partial charge on any atom is 0.165 e. The molecule has 1 N–H and O–H groups in total. The van der Waals surface area contributed by atoms with Gasteiger partial charge in [-0.1, -0.05) is 6.07 Å². The van der Waals surface area contributed by atoms with E-state index in [1.54, 1.807) is 37.8 Å². The van der Waals surface area contributed by atoms with Crippen LogP contribution in [-0.4, -0.2) is 24.1 Å². The molecular weight excluding hydrogens is 233 g/mol. The zero-order chi connectivity index (χ0) is 13.0. The first-order valence-electron chi connectivity index (χ1n) is 5.53. The van der Waals surface area contributed by atoms with Crippen molar-refractivity contribution in [1.29, 1.82) is 0 Å². The van der Waals surface area contributed by atoms with Crippen LogP contribution >= 0.6 is 0 Å². The lowest BCUT2D eigenvalue weighted by Gasteiger charge is -2.16. The molecule has 0 radical (unpaired) electrons. The second kappa shape index (κ2) is 5.55. The average Bonchev–Trinajstić information content (AvgIpc) is 2.41. The molecule has 5 heteroatoms. The number of benzene rings is 1. The van der Waals surface area contributed by atoms with Gasteiger partial charge in [0.05, 0.1) is 25.0 Å². The number of aromatic nitrogens is 2. The zero-order valence-electron chi connectivity index (χ0n) is 10.2. The van der Waals surface area contributed by atoms with E-state index in [0.29, 0.717) is 0 Å². The molecule has 0 bridgehead atoms. The fraction of sp³-hybridized carbons (Fsp3) is 0.231. The lowest BCUT2D eigenvalue weighted by molar-refractivity contribution is 0.386. The van der Waals surface area contributed by atoms with Gasteiger partial charge in [-0.15, -0.1) is 0 Å². The minimum absolute atomic E-state index is 0.195. The standard InChI is InChI=1S/C13H14FN3O/c1-15-13(11-8-16-5-6-17-11)9-3-4-12(18-2)10(14)7-9/h3-8,13,15H,1-2H3. The van der Waals surface area contributed by atoms with Crippen molar-refractivity contribution in [1.82, 2.24) is 15.3 Å². The third-order valence-corrected chi connectivity index (χ3v) is 2.68. The van der Waals surface area contributed by atoms with Gasteiger partial charge < -0.3 is 10.1 Å². The highest BCUT2D eigenvalue weighted by Crippen LogP contribution is 2.24. The summed E-state index contributed by atoms with van der Waals surface area (Å²) in [6.07, 6.45) is 4.87. The highest BCUT2D eigenvalue weighted by Gasteiger charge is 2.15. The lowest BCUT2D eigenvalue weighted by atomic mass is 10.0. The molecule has 0 amide bonds. The third kappa shape index (κ3) is 2.46. The van der Waals surface area contributed by atoms with Crippen LogP contribution in [0.5, 0.6) is 5.75 Å². The van der Waals surface area contributed by atoms with Gasteiger partial charge in [0.1, 0.15) is 0 Å². The quantitative estimate of drug-likeness (QED) is 0.896. The Morgan fingerprint density at radius 1 is 1.33 bits per heavy atom. The number of rotatable bonds is 4. The molecule has 1 aromatic heterocycles. The first-order valence-corrected chi connectivity index (χ1v) is 5.53. The third-order valence-electron chi connectivity index (χ3n) is 2.68. The van der Waals surface area contributed by atoms with Crippen molar-refractivity contribution in [3.8, 4) is 5.75 Å². The van der Waals surface area contributed by atoms with E-state index in [0.717, 1.165) is 11.3 Å². The van der Waals surface area contributed by atoms with E-state index in [2.05, 4.69) is 15.3 Å². The van der Waals surface area contributed by atoms with Crippen molar-refractivity contribution in [3.05, 3.63) is 53.9 Å². The predicted molar refractivity (Wildman–Crippen MR) is 65.9 cm³/mol. The van der Waals surface area contributed by atoms with E-state index in [4.69, 9.17) is 4.74 Å². The molecular formula is C13H14FN3O. The average molecular weight is 247 g/mol. The molecule has 2 rings (SSSR count). The summed E-state index contributed by atoms with van der Waals surface area (Å²) in [7, 11) is 3.23. The second-order valence-corrected chi connectivity index (χ2v) is 3.75. The molecule has 0 aliphatic rings. The summed E-state index contributed by atoms with van der Waals surface area (Å²) < 4.78 is 18.6. The van der Waals surface area contributed by atoms with Crippen LogP contribution in [0, 0.1) is 5.82 Å². The maximum absolute atomic E-state index is 13.7. The van der Waals surface area contributed by atoms with Gasteiger partial charge in [-0.05, 0) is 24.7 Å². The van der Waals surface area contributed by atoms with E-state index in [1.807, 2.05) is 0 Å². The van der Waals surface area contributed by atoms with Gasteiger partial charge in [-0.25, -0.2) is 4.39 Å². The molecule has 2 aromatic rings. The van der Waals surface area contributed by atoms with Crippen LogP contribution in [0.4, 0.5) is 4.39 Å². The van der Waals surface area contributed by atoms with Crippen LogP contribution in [0.25, 0.3) is 0 Å². The van der Waals surface area contributed by atoms with Crippen molar-refractivity contribution in [2.24, 2.45) is 0 Å². The fourth-order valence-electron chi connectivity index (χ4n) is 1.81. The van der Waals surface area contributed by atoms with E-state index in [-0.39, 0.29) is 17.6 Å². The molecule has 4 nitrogen and oxygen atoms in total. The number of halogens is 1. The van der Waals surface area contributed by atoms with Gasteiger partial charge in [0.2, 0.25) is 0 Å². The Labute approximate surface area is 105 Å². The van der Waals surface area contributed by atoms with E-state index in [1.165, 1.54) is 13.2 Å². The topological polar surface area (TPSA) is 47.0 Å². The molecule has 0 aliphatic carbocycles. The number of nitrogens with one attached hydrogen (secondary N) is 1. The normalized spacial score (nSPS) is 12.2. The fourth-order valence-corrected chi connectivity index (χ4v) is 1.81. The Bertz CT molecular complexity index is 519. The molecule has 1 heterocycles. The van der Waals surface area contributed by atoms with Gasteiger partial charge in [0, 0.05) is 12.4 Å². The molecule has 0 fully saturated rings. The summed E-state index contributed by atoms with van der Waals surface area (Å²) in [5.41, 5.74) is 1.51. The van der Waals surface area contributed by atoms with Gasteiger partial charge in [0.25, 0.3) is 0 Å². The van der Waals surface area contributed by atoms with Crippen molar-refractivity contribution < 1.29 is 9.13 Å². The monoisotopic (exact) mass is 247 g/mol. The molecule has 0 saturated carbocycles. The van der Waals surface area contributed by atoms with Crippen LogP contribution in [0.1, 0.15) is 17.3 Å². The van der Waals surface area contributed by atoms with Crippen LogP contribution in [-0.2, 0) is 0 Å². The number of ether oxygens (including phenoxy) is 1. The molecule has 0 saturated heterocycles. The number of methoxy groups -OCH3 is 1. The Balaban J connectivity index is 2.37. The van der Waals surface area contributed by atoms with E-state index >= 15 is 0 Å². The predicted octanol–water partition coefficient (Wildman–Crippen LogP) is 1.93. The van der Waals surface area contributed by atoms with Gasteiger partial charge in [-0.3, -0.25) is 9.97 Å². The smallest absolute Gasteiger partial charge is 0.165 e. The van der Waals surface area contributed by atoms with Crippen LogP contribution in [0.3, 0.4) is 0 Å². The largest absolute Gasteiger partial charge is 0.494 e.